The second-order valence-electron chi connectivity index (χ2n) is 20.0. The maximum atomic E-state index is 18.2. The maximum Gasteiger partial charge on any atom is 0.418 e. The van der Waals surface area contributed by atoms with Crippen molar-refractivity contribution in [3.63, 3.8) is 0 Å². The van der Waals surface area contributed by atoms with Gasteiger partial charge < -0.3 is 33.5 Å². The summed E-state index contributed by atoms with van der Waals surface area (Å²) in [7, 11) is 4.78. The molecule has 2 aliphatic heterocycles. The van der Waals surface area contributed by atoms with E-state index >= 15 is 17.6 Å². The van der Waals surface area contributed by atoms with Gasteiger partial charge in [-0.1, -0.05) is 41.9 Å². The molecule has 1 spiro atoms. The number of nitrogens with one attached hydrogen (secondary N) is 1. The number of nitrogens with zero attached hydrogens (tertiary/aromatic N) is 7. The third kappa shape index (κ3) is 10.3. The highest BCUT2D eigenvalue weighted by Crippen LogP contribution is 2.66. The number of carbonyl (C=O) groups excluding carboxylic acids is 1. The second kappa shape index (κ2) is 19.8. The summed E-state index contributed by atoms with van der Waals surface area (Å²) >= 11 is 7.21. The Kier molecular flexibility index (Phi) is 13.9. The summed E-state index contributed by atoms with van der Waals surface area (Å²) in [4.78, 5) is 36.7. The molecule has 0 unspecified atom stereocenters. The summed E-state index contributed by atoms with van der Waals surface area (Å²) in [5.41, 5.74) is -3.59. The van der Waals surface area contributed by atoms with Gasteiger partial charge in [-0.2, -0.15) is 23.1 Å². The summed E-state index contributed by atoms with van der Waals surface area (Å²) in [5, 5.41) is 2.10. The van der Waals surface area contributed by atoms with E-state index in [1.54, 1.807) is 85.8 Å². The van der Waals surface area contributed by atoms with E-state index in [9.17, 15) is 13.6 Å². The zero-order valence-electron chi connectivity index (χ0n) is 42.0. The lowest BCUT2D eigenvalue weighted by molar-refractivity contribution is -0.137. The Bertz CT molecular complexity index is 3040. The van der Waals surface area contributed by atoms with Crippen LogP contribution in [0.4, 0.5) is 48.6 Å². The minimum absolute atomic E-state index is 0.0217. The first-order valence-corrected chi connectivity index (χ1v) is 24.3. The molecule has 1 N–H and O–H groups in total. The first-order valence-electron chi connectivity index (χ1n) is 23.9. The van der Waals surface area contributed by atoms with Gasteiger partial charge in [0, 0.05) is 43.9 Å². The number of hydrogen-bond donors (Lipinski definition) is 1. The number of rotatable bonds is 14. The Morgan fingerprint density at radius 1 is 0.986 bits per heavy atom. The van der Waals surface area contributed by atoms with Crippen molar-refractivity contribution in [2.24, 2.45) is 5.41 Å². The van der Waals surface area contributed by atoms with Crippen molar-refractivity contribution >= 4 is 46.1 Å². The molecule has 3 atom stereocenters. The molecule has 5 heterocycles. The van der Waals surface area contributed by atoms with Crippen LogP contribution in [0.1, 0.15) is 74.4 Å². The minimum atomic E-state index is -5.07. The summed E-state index contributed by atoms with van der Waals surface area (Å²) in [6.45, 7) is 8.34. The second-order valence-corrected chi connectivity index (χ2v) is 20.4. The number of halogens is 7. The fourth-order valence-corrected chi connectivity index (χ4v) is 10.2. The lowest BCUT2D eigenvalue weighted by Crippen LogP contribution is -2.33. The quantitative estimate of drug-likeness (QED) is 0.104. The Morgan fingerprint density at radius 3 is 2.19 bits per heavy atom. The molecule has 1 amide bonds. The number of pyridine rings is 2. The lowest BCUT2D eigenvalue weighted by Gasteiger charge is -2.31. The van der Waals surface area contributed by atoms with Crippen molar-refractivity contribution in [3.05, 3.63) is 112 Å². The topological polar surface area (TPSA) is 137 Å². The molecule has 392 valence electrons. The van der Waals surface area contributed by atoms with Crippen molar-refractivity contribution in [2.45, 2.75) is 90.3 Å². The van der Waals surface area contributed by atoms with Gasteiger partial charge in [-0.3, -0.25) is 10.2 Å². The Hall–Kier alpha value is -6.80. The van der Waals surface area contributed by atoms with Gasteiger partial charge in [-0.25, -0.2) is 27.9 Å². The highest BCUT2D eigenvalue weighted by atomic mass is 35.5. The van der Waals surface area contributed by atoms with Gasteiger partial charge in [-0.05, 0) is 101 Å². The smallest absolute Gasteiger partial charge is 0.418 e. The third-order valence-electron chi connectivity index (χ3n) is 13.7. The molecule has 3 aliphatic rings. The highest BCUT2D eigenvalue weighted by molar-refractivity contribution is 6.36. The number of ether oxygens (including phenoxy) is 5. The van der Waals surface area contributed by atoms with Crippen molar-refractivity contribution in [1.29, 1.82) is 0 Å². The van der Waals surface area contributed by atoms with E-state index in [0.29, 0.717) is 17.1 Å². The van der Waals surface area contributed by atoms with Crippen LogP contribution in [0, 0.1) is 18.2 Å². The van der Waals surface area contributed by atoms with Gasteiger partial charge in [0.05, 0.1) is 59.5 Å². The SMILES string of the molecule is COc1ccc(CN(Cc2ccc(OC)cc2)c2cc(C)c(C(F)(F)F)c(-c3c(Cl)c4c5c(nc(OC[C@@H]6C[C@]7(CN6C)CC7(F)F)nc5c3F)N([C@H](C)c3cccnc3NC(=O)OC(C)(C)C)CCO4)n2)cc1. The summed E-state index contributed by atoms with van der Waals surface area (Å²) in [5.74, 6) is -2.89. The number of hydrogen-bond acceptors (Lipinski definition) is 13. The standard InChI is InChI=1S/C53H55ClF6N8O6/c1-29-22-37(67(24-31-11-15-34(70-7)16-12-31)25-32-13-17-35(71-8)18-14-32)62-43(40(29)53(58,59)60)38-41(54)45-39-44(42(38)55)63-48(73-26-33-23-51(28-66(33)6)27-52(51,56)57)65-47(39)68(20-21-72-45)30(2)36-10-9-19-61-46(36)64-49(69)74-50(3,4)5/h9-19,22,30,33H,20-21,23-28H2,1-8H3,(H,61,64,69)/t30-,33+,51-/m1/s1. The molecular weight excluding hydrogens is 994 g/mol. The predicted octanol–water partition coefficient (Wildman–Crippen LogP) is 11.8. The average molecular weight is 1050 g/mol. The van der Waals surface area contributed by atoms with Crippen molar-refractivity contribution < 1.29 is 54.8 Å². The van der Waals surface area contributed by atoms with Gasteiger partial charge >= 0.3 is 18.3 Å². The molecule has 0 radical (unpaired) electrons. The molecule has 14 nitrogen and oxygen atoms in total. The van der Waals surface area contributed by atoms with Crippen LogP contribution < -0.4 is 34.1 Å². The van der Waals surface area contributed by atoms with Crippen molar-refractivity contribution in [3.8, 4) is 34.5 Å². The predicted molar refractivity (Wildman–Crippen MR) is 267 cm³/mol. The number of alkyl halides is 5. The number of aromatic nitrogens is 4. The molecule has 3 aromatic heterocycles. The number of carbonyl (C=O) groups is 1. The van der Waals surface area contributed by atoms with Gasteiger partial charge in [0.2, 0.25) is 0 Å². The van der Waals surface area contributed by atoms with Crippen LogP contribution in [0.15, 0.2) is 72.9 Å². The van der Waals surface area contributed by atoms with Gasteiger partial charge in [0.1, 0.15) is 53.3 Å². The molecular formula is C53H55ClF6N8O6. The first-order chi connectivity index (χ1) is 35.0. The molecule has 3 aromatic carbocycles. The number of likely N-dealkylation sites (N-methyl/N-ethyl adjacent to an activating group) is 1. The van der Waals surface area contributed by atoms with Crippen LogP contribution in [-0.4, -0.2) is 96.1 Å². The van der Waals surface area contributed by atoms with Crippen LogP contribution >= 0.6 is 11.6 Å². The molecule has 21 heteroatoms. The number of amides is 1. The van der Waals surface area contributed by atoms with Gasteiger partial charge in [0.15, 0.2) is 11.6 Å². The Balaban J connectivity index is 1.21. The largest absolute Gasteiger partial charge is 0.497 e. The monoisotopic (exact) mass is 1050 g/mol. The van der Waals surface area contributed by atoms with Crippen LogP contribution in [0.25, 0.3) is 22.2 Å². The van der Waals surface area contributed by atoms with E-state index in [-0.39, 0.29) is 92.4 Å². The van der Waals surface area contributed by atoms with E-state index in [2.05, 4.69) is 20.3 Å². The molecule has 9 rings (SSSR count). The highest BCUT2D eigenvalue weighted by Gasteiger charge is 2.73. The third-order valence-corrected chi connectivity index (χ3v) is 14.1. The number of aryl methyl sites for hydroxylation is 1. The van der Waals surface area contributed by atoms with Gasteiger partial charge in [-0.15, -0.1) is 0 Å². The Morgan fingerprint density at radius 2 is 1.62 bits per heavy atom. The first kappa shape index (κ1) is 52.1. The van der Waals surface area contributed by atoms with Gasteiger partial charge in [0.25, 0.3) is 5.92 Å². The molecule has 0 bridgehead atoms. The molecule has 1 saturated heterocycles. The lowest BCUT2D eigenvalue weighted by atomic mass is 9.98. The van der Waals surface area contributed by atoms with Crippen LogP contribution in [0.3, 0.4) is 0 Å². The van der Waals surface area contributed by atoms with E-state index < -0.39 is 74.5 Å². The van der Waals surface area contributed by atoms with Crippen LogP contribution in [-0.2, 0) is 24.0 Å². The van der Waals surface area contributed by atoms with Crippen LogP contribution in [0.2, 0.25) is 5.02 Å². The van der Waals surface area contributed by atoms with E-state index in [1.807, 2.05) is 24.3 Å². The van der Waals surface area contributed by atoms with Crippen molar-refractivity contribution in [1.82, 2.24) is 24.8 Å². The summed E-state index contributed by atoms with van der Waals surface area (Å²) in [6.07, 6.45) is -4.49. The number of benzene rings is 3. The van der Waals surface area contributed by atoms with E-state index in [0.717, 1.165) is 11.1 Å². The molecule has 6 aromatic rings. The summed E-state index contributed by atoms with van der Waals surface area (Å²) < 4.78 is 123. The van der Waals surface area contributed by atoms with E-state index in [4.69, 9.17) is 40.3 Å². The Labute approximate surface area is 428 Å². The fourth-order valence-electron chi connectivity index (χ4n) is 9.89. The zero-order chi connectivity index (χ0) is 53.1. The molecule has 1 saturated carbocycles. The normalized spacial score (nSPS) is 18.7. The average Bonchev–Trinajstić information content (AvgIpc) is 3.80. The van der Waals surface area contributed by atoms with Crippen LogP contribution in [0.5, 0.6) is 23.3 Å². The minimum Gasteiger partial charge on any atom is -0.497 e. The summed E-state index contributed by atoms with van der Waals surface area (Å²) in [6, 6.07) is 17.4. The molecule has 1 aliphatic carbocycles. The van der Waals surface area contributed by atoms with Crippen molar-refractivity contribution in [2.75, 3.05) is 62.7 Å². The maximum absolute atomic E-state index is 18.2. The van der Waals surface area contributed by atoms with E-state index in [1.165, 1.54) is 33.4 Å². The molecule has 2 fully saturated rings. The zero-order valence-corrected chi connectivity index (χ0v) is 42.7. The fraction of sp³-hybridized carbons (Fsp3) is 0.415. The number of methoxy groups -OCH3 is 2. The number of anilines is 3. The number of likely N-dealkylation sites (tertiary alicyclic amines) is 1. The molecule has 74 heavy (non-hydrogen) atoms.